The van der Waals surface area contributed by atoms with Gasteiger partial charge in [0.05, 0.1) is 7.11 Å². The highest BCUT2D eigenvalue weighted by molar-refractivity contribution is 6.32. The Kier molecular flexibility index (Phi) is 5.48. The number of nitrogens with one attached hydrogen (secondary N) is 1. The first-order chi connectivity index (χ1) is 10.0. The van der Waals surface area contributed by atoms with Crippen LogP contribution in [0.3, 0.4) is 0 Å². The second-order valence-electron chi connectivity index (χ2n) is 5.44. The highest BCUT2D eigenvalue weighted by atomic mass is 35.5. The lowest BCUT2D eigenvalue weighted by molar-refractivity contribution is -0.131. The molecule has 0 bridgehead atoms. The fourth-order valence-electron chi connectivity index (χ4n) is 2.76. The maximum absolute atomic E-state index is 12.3. The van der Waals surface area contributed by atoms with E-state index in [4.69, 9.17) is 16.3 Å². The third-order valence-corrected chi connectivity index (χ3v) is 4.63. The maximum Gasteiger partial charge on any atom is 0.222 e. The Hall–Kier alpha value is -1.26. The molecule has 0 aromatic heterocycles. The molecule has 1 aliphatic rings. The molecule has 2 rings (SSSR count). The van der Waals surface area contributed by atoms with Crippen molar-refractivity contribution in [1.82, 2.24) is 10.2 Å². The molecule has 0 unspecified atom stereocenters. The van der Waals surface area contributed by atoms with Crippen LogP contribution in [0.25, 0.3) is 0 Å². The Morgan fingerprint density at radius 3 is 2.67 bits per heavy atom. The summed E-state index contributed by atoms with van der Waals surface area (Å²) in [5, 5.41) is 4.02. The average Bonchev–Trinajstić information content (AvgIpc) is 2.52. The van der Waals surface area contributed by atoms with Crippen LogP contribution in [0.4, 0.5) is 0 Å². The molecule has 1 N–H and O–H groups in total. The molecule has 0 aliphatic carbocycles. The van der Waals surface area contributed by atoms with E-state index in [1.54, 1.807) is 7.11 Å². The SMILES string of the molecule is COc1cc(C)c(Cl)c(C)c1CCC(=O)N1CCNCC1. The number of carbonyl (C=O) groups excluding carboxylic acids is 1. The normalized spacial score (nSPS) is 15.1. The number of aryl methyl sites for hydroxylation is 1. The first-order valence-corrected chi connectivity index (χ1v) is 7.73. The maximum atomic E-state index is 12.3. The van der Waals surface area contributed by atoms with Crippen molar-refractivity contribution in [3.63, 3.8) is 0 Å². The molecular weight excluding hydrogens is 288 g/mol. The minimum Gasteiger partial charge on any atom is -0.496 e. The Morgan fingerprint density at radius 1 is 1.38 bits per heavy atom. The van der Waals surface area contributed by atoms with E-state index in [1.807, 2.05) is 24.8 Å². The summed E-state index contributed by atoms with van der Waals surface area (Å²) in [6.07, 6.45) is 1.16. The standard InChI is InChI=1S/C16H23ClN2O2/c1-11-10-14(21-3)13(12(2)16(11)17)4-5-15(20)19-8-6-18-7-9-19/h10,18H,4-9H2,1-3H3. The molecule has 5 heteroatoms. The Bertz CT molecular complexity index is 525. The molecule has 0 radical (unpaired) electrons. The van der Waals surface area contributed by atoms with Crippen LogP contribution >= 0.6 is 11.6 Å². The van der Waals surface area contributed by atoms with E-state index in [0.717, 1.165) is 53.6 Å². The summed E-state index contributed by atoms with van der Waals surface area (Å²) in [4.78, 5) is 14.2. The van der Waals surface area contributed by atoms with Crippen LogP contribution in [0, 0.1) is 13.8 Å². The Labute approximate surface area is 131 Å². The second-order valence-corrected chi connectivity index (χ2v) is 5.82. The number of amides is 1. The summed E-state index contributed by atoms with van der Waals surface area (Å²) in [5.41, 5.74) is 3.06. The highest BCUT2D eigenvalue weighted by Gasteiger charge is 2.18. The van der Waals surface area contributed by atoms with E-state index >= 15 is 0 Å². The van der Waals surface area contributed by atoms with Gasteiger partial charge in [-0.05, 0) is 43.0 Å². The number of carbonyl (C=O) groups is 1. The first kappa shape index (κ1) is 16.1. The van der Waals surface area contributed by atoms with Gasteiger partial charge >= 0.3 is 0 Å². The minimum atomic E-state index is 0.203. The summed E-state index contributed by atoms with van der Waals surface area (Å²) in [6, 6.07) is 1.94. The van der Waals surface area contributed by atoms with E-state index in [1.165, 1.54) is 0 Å². The summed E-state index contributed by atoms with van der Waals surface area (Å²) < 4.78 is 5.45. The zero-order valence-electron chi connectivity index (χ0n) is 13.0. The van der Waals surface area contributed by atoms with Gasteiger partial charge in [0.2, 0.25) is 5.91 Å². The number of benzene rings is 1. The topological polar surface area (TPSA) is 41.6 Å². The predicted octanol–water partition coefficient (Wildman–Crippen LogP) is 2.33. The van der Waals surface area contributed by atoms with Crippen molar-refractivity contribution in [2.45, 2.75) is 26.7 Å². The van der Waals surface area contributed by atoms with Crippen LogP contribution < -0.4 is 10.1 Å². The van der Waals surface area contributed by atoms with Crippen molar-refractivity contribution in [2.75, 3.05) is 33.3 Å². The molecule has 0 saturated carbocycles. The van der Waals surface area contributed by atoms with Gasteiger partial charge in [-0.1, -0.05) is 11.6 Å². The van der Waals surface area contributed by atoms with E-state index in [0.29, 0.717) is 12.8 Å². The second kappa shape index (κ2) is 7.14. The van der Waals surface area contributed by atoms with Gasteiger partial charge in [0.1, 0.15) is 5.75 Å². The average molecular weight is 311 g/mol. The number of rotatable bonds is 4. The van der Waals surface area contributed by atoms with E-state index in [2.05, 4.69) is 5.32 Å². The summed E-state index contributed by atoms with van der Waals surface area (Å²) in [5.74, 6) is 1.03. The molecule has 1 aromatic rings. The van der Waals surface area contributed by atoms with Crippen molar-refractivity contribution in [2.24, 2.45) is 0 Å². The lowest BCUT2D eigenvalue weighted by Gasteiger charge is -2.27. The quantitative estimate of drug-likeness (QED) is 0.928. The molecule has 1 aromatic carbocycles. The van der Waals surface area contributed by atoms with Gasteiger partial charge in [0.15, 0.2) is 0 Å². The molecule has 1 amide bonds. The van der Waals surface area contributed by atoms with E-state index in [9.17, 15) is 4.79 Å². The number of hydrogen-bond acceptors (Lipinski definition) is 3. The Balaban J connectivity index is 2.08. The van der Waals surface area contributed by atoms with Crippen molar-refractivity contribution in [3.05, 3.63) is 27.8 Å². The summed E-state index contributed by atoms with van der Waals surface area (Å²) in [7, 11) is 1.66. The Morgan fingerprint density at radius 2 is 2.05 bits per heavy atom. The fourth-order valence-corrected chi connectivity index (χ4v) is 2.93. The van der Waals surface area contributed by atoms with Gasteiger partial charge in [0.25, 0.3) is 0 Å². The van der Waals surface area contributed by atoms with Gasteiger partial charge in [-0.3, -0.25) is 4.79 Å². The summed E-state index contributed by atoms with van der Waals surface area (Å²) >= 11 is 6.32. The number of nitrogens with zero attached hydrogens (tertiary/aromatic N) is 1. The van der Waals surface area contributed by atoms with E-state index < -0.39 is 0 Å². The van der Waals surface area contributed by atoms with Crippen molar-refractivity contribution in [3.8, 4) is 5.75 Å². The zero-order chi connectivity index (χ0) is 15.4. The van der Waals surface area contributed by atoms with Crippen LogP contribution in [-0.2, 0) is 11.2 Å². The molecule has 1 heterocycles. The van der Waals surface area contributed by atoms with Crippen LogP contribution in [-0.4, -0.2) is 44.1 Å². The lowest BCUT2D eigenvalue weighted by Crippen LogP contribution is -2.46. The van der Waals surface area contributed by atoms with E-state index in [-0.39, 0.29) is 5.91 Å². The zero-order valence-corrected chi connectivity index (χ0v) is 13.7. The number of piperazine rings is 1. The molecule has 21 heavy (non-hydrogen) atoms. The smallest absolute Gasteiger partial charge is 0.222 e. The molecule has 116 valence electrons. The van der Waals surface area contributed by atoms with Gasteiger partial charge in [-0.2, -0.15) is 0 Å². The van der Waals surface area contributed by atoms with Crippen molar-refractivity contribution < 1.29 is 9.53 Å². The molecular formula is C16H23ClN2O2. The van der Waals surface area contributed by atoms with Crippen molar-refractivity contribution in [1.29, 1.82) is 0 Å². The first-order valence-electron chi connectivity index (χ1n) is 7.35. The molecule has 1 saturated heterocycles. The van der Waals surface area contributed by atoms with Gasteiger partial charge in [0, 0.05) is 37.6 Å². The number of hydrogen-bond donors (Lipinski definition) is 1. The number of halogens is 1. The molecule has 4 nitrogen and oxygen atoms in total. The van der Waals surface area contributed by atoms with Crippen molar-refractivity contribution >= 4 is 17.5 Å². The molecule has 0 spiro atoms. The lowest BCUT2D eigenvalue weighted by atomic mass is 9.99. The molecule has 1 fully saturated rings. The molecule has 0 atom stereocenters. The highest BCUT2D eigenvalue weighted by Crippen LogP contribution is 2.32. The predicted molar refractivity (Wildman–Crippen MR) is 85.2 cm³/mol. The van der Waals surface area contributed by atoms with Gasteiger partial charge in [-0.25, -0.2) is 0 Å². The van der Waals surface area contributed by atoms with Crippen LogP contribution in [0.15, 0.2) is 6.07 Å². The third kappa shape index (κ3) is 3.69. The van der Waals surface area contributed by atoms with Crippen LogP contribution in [0.2, 0.25) is 5.02 Å². The third-order valence-electron chi connectivity index (χ3n) is 4.05. The largest absolute Gasteiger partial charge is 0.496 e. The number of ether oxygens (including phenoxy) is 1. The van der Waals surface area contributed by atoms with Crippen LogP contribution in [0.1, 0.15) is 23.1 Å². The monoisotopic (exact) mass is 310 g/mol. The van der Waals surface area contributed by atoms with Crippen LogP contribution in [0.5, 0.6) is 5.75 Å². The minimum absolute atomic E-state index is 0.203. The fraction of sp³-hybridized carbons (Fsp3) is 0.562. The summed E-state index contributed by atoms with van der Waals surface area (Å²) in [6.45, 7) is 7.30. The van der Waals surface area contributed by atoms with Gasteiger partial charge in [-0.15, -0.1) is 0 Å². The number of methoxy groups -OCH3 is 1. The molecule has 1 aliphatic heterocycles. The van der Waals surface area contributed by atoms with Gasteiger partial charge < -0.3 is 15.0 Å².